The molecule has 96 valence electrons. The monoisotopic (exact) mass is 316 g/mol. The fourth-order valence-electron chi connectivity index (χ4n) is 1.22. The topological polar surface area (TPSA) is 98.5 Å². The zero-order valence-electron chi connectivity index (χ0n) is 9.52. The summed E-state index contributed by atoms with van der Waals surface area (Å²) in [7, 11) is 1.06. The van der Waals surface area contributed by atoms with Crippen molar-refractivity contribution in [1.82, 2.24) is 0 Å². The number of carbonyl (C=O) groups is 2. The lowest BCUT2D eigenvalue weighted by molar-refractivity contribution is -0.385. The number of nitrogens with zero attached hydrogens (tertiary/aromatic N) is 1. The lowest BCUT2D eigenvalue weighted by Gasteiger charge is -2.07. The van der Waals surface area contributed by atoms with Gasteiger partial charge >= 0.3 is 11.9 Å². The van der Waals surface area contributed by atoms with Crippen LogP contribution in [-0.2, 0) is 14.3 Å². The van der Waals surface area contributed by atoms with E-state index in [-0.39, 0.29) is 11.4 Å². The highest BCUT2D eigenvalue weighted by atomic mass is 79.9. The maximum absolute atomic E-state index is 11.3. The molecule has 0 bridgehead atoms. The van der Waals surface area contributed by atoms with E-state index in [2.05, 4.69) is 26.0 Å². The van der Waals surface area contributed by atoms with Gasteiger partial charge in [0.1, 0.15) is 0 Å². The Morgan fingerprint density at radius 1 is 1.44 bits per heavy atom. The second-order valence-electron chi connectivity index (χ2n) is 3.32. The van der Waals surface area contributed by atoms with E-state index < -0.39 is 16.8 Å². The Morgan fingerprint density at radius 2 is 2.06 bits per heavy atom. The van der Waals surface area contributed by atoms with Gasteiger partial charge in [0.15, 0.2) is 0 Å². The molecule has 0 unspecified atom stereocenters. The number of ether oxygens (including phenoxy) is 1. The van der Waals surface area contributed by atoms with Gasteiger partial charge in [-0.25, -0.2) is 4.79 Å². The van der Waals surface area contributed by atoms with E-state index in [0.717, 1.165) is 7.11 Å². The minimum Gasteiger partial charge on any atom is -0.462 e. The third kappa shape index (κ3) is 3.04. The summed E-state index contributed by atoms with van der Waals surface area (Å²) in [5, 5.41) is 13.0. The number of nitrogens with one attached hydrogen (secondary N) is 1. The standard InChI is InChI=1S/C10H9BrN2O5/c1-5-3-6(11)7(4-8(5)13(16)17)12-9(14)10(15)18-2/h3-4H,1-2H3,(H,12,14). The van der Waals surface area contributed by atoms with Gasteiger partial charge in [-0.05, 0) is 28.9 Å². The Morgan fingerprint density at radius 3 is 2.56 bits per heavy atom. The van der Waals surface area contributed by atoms with Gasteiger partial charge in [0.2, 0.25) is 0 Å². The number of rotatable bonds is 2. The number of hydrogen-bond acceptors (Lipinski definition) is 5. The smallest absolute Gasteiger partial charge is 0.396 e. The van der Waals surface area contributed by atoms with Crippen LogP contribution in [0.5, 0.6) is 0 Å². The summed E-state index contributed by atoms with van der Waals surface area (Å²) in [4.78, 5) is 32.4. The summed E-state index contributed by atoms with van der Waals surface area (Å²) in [6.45, 7) is 1.56. The molecule has 0 spiro atoms. The van der Waals surface area contributed by atoms with Crippen LogP contribution >= 0.6 is 15.9 Å². The van der Waals surface area contributed by atoms with Crippen molar-refractivity contribution in [1.29, 1.82) is 0 Å². The molecule has 1 rings (SSSR count). The number of halogens is 1. The lowest BCUT2D eigenvalue weighted by Crippen LogP contribution is -2.24. The van der Waals surface area contributed by atoms with Gasteiger partial charge in [-0.1, -0.05) is 0 Å². The van der Waals surface area contributed by atoms with Crippen LogP contribution in [-0.4, -0.2) is 23.9 Å². The summed E-state index contributed by atoms with van der Waals surface area (Å²) in [6, 6.07) is 2.64. The molecule has 0 atom stereocenters. The van der Waals surface area contributed by atoms with Crippen LogP contribution in [0.1, 0.15) is 5.56 Å². The van der Waals surface area contributed by atoms with E-state index in [1.165, 1.54) is 12.1 Å². The molecule has 0 aromatic heterocycles. The average molecular weight is 317 g/mol. The molecule has 1 aromatic rings. The van der Waals surface area contributed by atoms with Gasteiger partial charge in [0.05, 0.1) is 17.7 Å². The summed E-state index contributed by atoms with van der Waals surface area (Å²) >= 11 is 3.14. The van der Waals surface area contributed by atoms with Crippen LogP contribution in [0.15, 0.2) is 16.6 Å². The van der Waals surface area contributed by atoms with Crippen LogP contribution in [0.3, 0.4) is 0 Å². The van der Waals surface area contributed by atoms with Crippen molar-refractivity contribution < 1.29 is 19.2 Å². The Hall–Kier alpha value is -1.96. The van der Waals surface area contributed by atoms with Crippen molar-refractivity contribution in [3.63, 3.8) is 0 Å². The quantitative estimate of drug-likeness (QED) is 0.388. The highest BCUT2D eigenvalue weighted by Crippen LogP contribution is 2.30. The zero-order valence-corrected chi connectivity index (χ0v) is 11.1. The molecule has 0 heterocycles. The lowest BCUT2D eigenvalue weighted by atomic mass is 10.2. The molecule has 1 N–H and O–H groups in total. The molecule has 0 aliphatic heterocycles. The molecule has 1 amide bonds. The van der Waals surface area contributed by atoms with Crippen LogP contribution in [0.25, 0.3) is 0 Å². The molecule has 0 aliphatic rings. The first-order valence-corrected chi connectivity index (χ1v) is 5.50. The minimum absolute atomic E-state index is 0.128. The highest BCUT2D eigenvalue weighted by Gasteiger charge is 2.19. The van der Waals surface area contributed by atoms with E-state index in [9.17, 15) is 19.7 Å². The minimum atomic E-state index is -1.08. The van der Waals surface area contributed by atoms with E-state index in [1.807, 2.05) is 0 Å². The Kier molecular flexibility index (Phi) is 4.38. The number of esters is 1. The number of anilines is 1. The molecule has 18 heavy (non-hydrogen) atoms. The first-order chi connectivity index (χ1) is 8.36. The Labute approximate surface area is 110 Å². The van der Waals surface area contributed by atoms with Crippen LogP contribution in [0, 0.1) is 17.0 Å². The molecular formula is C10H9BrN2O5. The molecule has 0 saturated carbocycles. The Balaban J connectivity index is 3.10. The number of aryl methyl sites for hydroxylation is 1. The van der Waals surface area contributed by atoms with Gasteiger partial charge in [0.25, 0.3) is 5.69 Å². The summed E-state index contributed by atoms with van der Waals surface area (Å²) < 4.78 is 4.66. The van der Waals surface area contributed by atoms with Gasteiger partial charge in [-0.3, -0.25) is 14.9 Å². The number of benzene rings is 1. The molecule has 0 fully saturated rings. The molecule has 0 radical (unpaired) electrons. The number of methoxy groups -OCH3 is 1. The third-order valence-electron chi connectivity index (χ3n) is 2.10. The second kappa shape index (κ2) is 5.58. The maximum Gasteiger partial charge on any atom is 0.396 e. The largest absolute Gasteiger partial charge is 0.462 e. The normalized spacial score (nSPS) is 9.72. The predicted molar refractivity (Wildman–Crippen MR) is 66.2 cm³/mol. The third-order valence-corrected chi connectivity index (χ3v) is 2.76. The number of hydrogen-bond donors (Lipinski definition) is 1. The van der Waals surface area contributed by atoms with E-state index >= 15 is 0 Å². The molecular weight excluding hydrogens is 308 g/mol. The van der Waals surface area contributed by atoms with Gasteiger partial charge in [0, 0.05) is 16.1 Å². The molecule has 0 aliphatic carbocycles. The number of carbonyl (C=O) groups excluding carboxylic acids is 2. The van der Waals surface area contributed by atoms with E-state index in [0.29, 0.717) is 10.0 Å². The zero-order chi connectivity index (χ0) is 13.9. The molecule has 7 nitrogen and oxygen atoms in total. The van der Waals surface area contributed by atoms with Crippen molar-refractivity contribution in [3.05, 3.63) is 32.3 Å². The maximum atomic E-state index is 11.3. The average Bonchev–Trinajstić information content (AvgIpc) is 2.30. The van der Waals surface area contributed by atoms with Crippen molar-refractivity contribution >= 4 is 39.2 Å². The first-order valence-electron chi connectivity index (χ1n) is 4.70. The number of nitro benzene ring substituents is 1. The molecule has 1 aromatic carbocycles. The molecule has 8 heteroatoms. The number of amides is 1. The van der Waals surface area contributed by atoms with E-state index in [4.69, 9.17) is 0 Å². The van der Waals surface area contributed by atoms with E-state index in [1.54, 1.807) is 6.92 Å². The fourth-order valence-corrected chi connectivity index (χ4v) is 1.78. The van der Waals surface area contributed by atoms with Gasteiger partial charge in [-0.2, -0.15) is 0 Å². The van der Waals surface area contributed by atoms with Crippen molar-refractivity contribution in [2.24, 2.45) is 0 Å². The molecule has 0 saturated heterocycles. The van der Waals surface area contributed by atoms with Crippen LogP contribution in [0.4, 0.5) is 11.4 Å². The van der Waals surface area contributed by atoms with Gasteiger partial charge in [-0.15, -0.1) is 0 Å². The van der Waals surface area contributed by atoms with Crippen molar-refractivity contribution in [2.45, 2.75) is 6.92 Å². The second-order valence-corrected chi connectivity index (χ2v) is 4.18. The van der Waals surface area contributed by atoms with Crippen molar-refractivity contribution in [3.8, 4) is 0 Å². The van der Waals surface area contributed by atoms with Gasteiger partial charge < -0.3 is 10.1 Å². The highest BCUT2D eigenvalue weighted by molar-refractivity contribution is 9.10. The fraction of sp³-hybridized carbons (Fsp3) is 0.200. The van der Waals surface area contributed by atoms with Crippen LogP contribution in [0.2, 0.25) is 0 Å². The summed E-state index contributed by atoms with van der Waals surface area (Å²) in [6.07, 6.45) is 0. The Bertz CT molecular complexity index is 529. The van der Waals surface area contributed by atoms with Crippen LogP contribution < -0.4 is 5.32 Å². The SMILES string of the molecule is COC(=O)C(=O)Nc1cc([N+](=O)[O-])c(C)cc1Br. The number of nitro groups is 1. The van der Waals surface area contributed by atoms with Crippen molar-refractivity contribution in [2.75, 3.05) is 12.4 Å². The summed E-state index contributed by atoms with van der Waals surface area (Å²) in [5.41, 5.74) is 0.406. The summed E-state index contributed by atoms with van der Waals surface area (Å²) in [5.74, 6) is -2.08. The predicted octanol–water partition coefficient (Wildman–Crippen LogP) is 1.78. The first kappa shape index (κ1) is 14.1.